The van der Waals surface area contributed by atoms with Gasteiger partial charge in [0.25, 0.3) is 0 Å². The number of aryl methyl sites for hydroxylation is 2. The van der Waals surface area contributed by atoms with Crippen LogP contribution in [0.2, 0.25) is 0 Å². The van der Waals surface area contributed by atoms with E-state index in [2.05, 4.69) is 10.5 Å². The molecule has 2 rings (SSSR count). The Morgan fingerprint density at radius 3 is 2.60 bits per heavy atom. The molecule has 0 atom stereocenters. The third-order valence-corrected chi connectivity index (χ3v) is 3.09. The van der Waals surface area contributed by atoms with Crippen LogP contribution in [0.25, 0.3) is 0 Å². The Labute approximate surface area is 118 Å². The molecule has 0 aliphatic carbocycles. The summed E-state index contributed by atoms with van der Waals surface area (Å²) in [6.45, 7) is 5.91. The van der Waals surface area contributed by atoms with Crippen LogP contribution in [0.1, 0.15) is 17.0 Å². The number of nitrogens with zero attached hydrogens (tertiary/aromatic N) is 1. The second kappa shape index (κ2) is 6.96. The Hall–Kier alpha value is -2.01. The van der Waals surface area contributed by atoms with Crippen molar-refractivity contribution in [3.05, 3.63) is 41.3 Å². The second-order valence-corrected chi connectivity index (χ2v) is 4.48. The number of nitrogens with one attached hydrogen (secondary N) is 1. The van der Waals surface area contributed by atoms with E-state index in [1.165, 1.54) is 0 Å². The lowest BCUT2D eigenvalue weighted by atomic mass is 10.2. The van der Waals surface area contributed by atoms with Crippen LogP contribution in [-0.2, 0) is 6.54 Å². The zero-order valence-electron chi connectivity index (χ0n) is 12.1. The number of hydrogen-bond donors (Lipinski definition) is 1. The molecule has 1 aromatic heterocycles. The van der Waals surface area contributed by atoms with E-state index >= 15 is 0 Å². The SMILES string of the molecule is COc1ccccc1OCCNCc1c(C)noc1C. The zero-order chi connectivity index (χ0) is 14.4. The predicted octanol–water partition coefficient (Wildman–Crippen LogP) is 2.47. The highest BCUT2D eigenvalue weighted by Crippen LogP contribution is 2.25. The summed E-state index contributed by atoms with van der Waals surface area (Å²) >= 11 is 0. The maximum absolute atomic E-state index is 5.68. The van der Waals surface area contributed by atoms with Crippen LogP contribution in [0.15, 0.2) is 28.8 Å². The smallest absolute Gasteiger partial charge is 0.161 e. The lowest BCUT2D eigenvalue weighted by Crippen LogP contribution is -2.21. The molecule has 0 unspecified atom stereocenters. The number of ether oxygens (including phenoxy) is 2. The number of rotatable bonds is 7. The fourth-order valence-corrected chi connectivity index (χ4v) is 1.94. The van der Waals surface area contributed by atoms with E-state index in [4.69, 9.17) is 14.0 Å². The van der Waals surface area contributed by atoms with E-state index in [0.29, 0.717) is 6.61 Å². The Morgan fingerprint density at radius 1 is 1.20 bits per heavy atom. The zero-order valence-corrected chi connectivity index (χ0v) is 12.1. The van der Waals surface area contributed by atoms with Gasteiger partial charge >= 0.3 is 0 Å². The van der Waals surface area contributed by atoms with Gasteiger partial charge in [0, 0.05) is 18.7 Å². The van der Waals surface area contributed by atoms with Crippen molar-refractivity contribution < 1.29 is 14.0 Å². The van der Waals surface area contributed by atoms with Crippen LogP contribution in [0.5, 0.6) is 11.5 Å². The fraction of sp³-hybridized carbons (Fsp3) is 0.400. The first-order chi connectivity index (χ1) is 9.72. The molecule has 0 saturated heterocycles. The summed E-state index contributed by atoms with van der Waals surface area (Å²) < 4.78 is 16.0. The topological polar surface area (TPSA) is 56.5 Å². The summed E-state index contributed by atoms with van der Waals surface area (Å²) in [5.74, 6) is 2.37. The van der Waals surface area contributed by atoms with E-state index in [1.54, 1.807) is 7.11 Å². The van der Waals surface area contributed by atoms with Crippen molar-refractivity contribution in [2.24, 2.45) is 0 Å². The molecule has 1 N–H and O–H groups in total. The first-order valence-corrected chi connectivity index (χ1v) is 6.60. The van der Waals surface area contributed by atoms with Crippen molar-refractivity contribution in [2.75, 3.05) is 20.3 Å². The fourth-order valence-electron chi connectivity index (χ4n) is 1.94. The summed E-state index contributed by atoms with van der Waals surface area (Å²) in [5.41, 5.74) is 2.04. The first-order valence-electron chi connectivity index (χ1n) is 6.60. The van der Waals surface area contributed by atoms with Gasteiger partial charge in [-0.3, -0.25) is 0 Å². The van der Waals surface area contributed by atoms with Crippen LogP contribution >= 0.6 is 0 Å². The molecule has 108 valence electrons. The van der Waals surface area contributed by atoms with E-state index in [0.717, 1.165) is 41.6 Å². The molecule has 5 nitrogen and oxygen atoms in total. The highest BCUT2D eigenvalue weighted by molar-refractivity contribution is 5.39. The summed E-state index contributed by atoms with van der Waals surface area (Å²) in [7, 11) is 1.64. The molecule has 0 spiro atoms. The number of para-hydroxylation sites is 2. The standard InChI is InChI=1S/C15H20N2O3/c1-11-13(12(2)20-17-11)10-16-8-9-19-15-7-5-4-6-14(15)18-3/h4-7,16H,8-10H2,1-3H3. The second-order valence-electron chi connectivity index (χ2n) is 4.48. The average molecular weight is 276 g/mol. The molecule has 0 aliphatic rings. The van der Waals surface area contributed by atoms with Gasteiger partial charge in [-0.2, -0.15) is 0 Å². The third-order valence-electron chi connectivity index (χ3n) is 3.09. The van der Waals surface area contributed by atoms with Gasteiger partial charge in [-0.05, 0) is 26.0 Å². The maximum Gasteiger partial charge on any atom is 0.161 e. The molecule has 20 heavy (non-hydrogen) atoms. The van der Waals surface area contributed by atoms with Crippen LogP contribution < -0.4 is 14.8 Å². The Kier molecular flexibility index (Phi) is 5.01. The van der Waals surface area contributed by atoms with Crippen molar-refractivity contribution in [1.29, 1.82) is 0 Å². The molecule has 1 heterocycles. The number of hydrogen-bond acceptors (Lipinski definition) is 5. The number of methoxy groups -OCH3 is 1. The van der Waals surface area contributed by atoms with Gasteiger partial charge in [0.15, 0.2) is 11.5 Å². The molecule has 0 amide bonds. The molecule has 2 aromatic rings. The van der Waals surface area contributed by atoms with Crippen molar-refractivity contribution in [3.63, 3.8) is 0 Å². The van der Waals surface area contributed by atoms with E-state index in [1.807, 2.05) is 38.1 Å². The van der Waals surface area contributed by atoms with Gasteiger partial charge in [0.05, 0.1) is 12.8 Å². The molecule has 0 radical (unpaired) electrons. The molecular formula is C15H20N2O3. The van der Waals surface area contributed by atoms with Gasteiger partial charge < -0.3 is 19.3 Å². The number of benzene rings is 1. The summed E-state index contributed by atoms with van der Waals surface area (Å²) in [6.07, 6.45) is 0. The lowest BCUT2D eigenvalue weighted by molar-refractivity contribution is 0.292. The van der Waals surface area contributed by atoms with E-state index in [9.17, 15) is 0 Å². The lowest BCUT2D eigenvalue weighted by Gasteiger charge is -2.10. The molecule has 0 aliphatic heterocycles. The van der Waals surface area contributed by atoms with Gasteiger partial charge in [-0.15, -0.1) is 0 Å². The molecule has 0 fully saturated rings. The molecule has 1 aromatic carbocycles. The van der Waals surface area contributed by atoms with Gasteiger partial charge in [-0.1, -0.05) is 17.3 Å². The largest absolute Gasteiger partial charge is 0.493 e. The Balaban J connectivity index is 1.74. The van der Waals surface area contributed by atoms with Gasteiger partial charge in [0.1, 0.15) is 12.4 Å². The van der Waals surface area contributed by atoms with Crippen molar-refractivity contribution in [2.45, 2.75) is 20.4 Å². The maximum atomic E-state index is 5.68. The minimum atomic E-state index is 0.573. The van der Waals surface area contributed by atoms with Crippen LogP contribution in [0.4, 0.5) is 0 Å². The third kappa shape index (κ3) is 3.51. The predicted molar refractivity (Wildman–Crippen MR) is 76.2 cm³/mol. The highest BCUT2D eigenvalue weighted by Gasteiger charge is 2.08. The Morgan fingerprint density at radius 2 is 1.95 bits per heavy atom. The summed E-state index contributed by atoms with van der Waals surface area (Å²) in [6, 6.07) is 7.62. The van der Waals surface area contributed by atoms with E-state index in [-0.39, 0.29) is 0 Å². The van der Waals surface area contributed by atoms with Crippen LogP contribution in [0, 0.1) is 13.8 Å². The van der Waals surface area contributed by atoms with Crippen molar-refractivity contribution in [1.82, 2.24) is 10.5 Å². The Bertz CT molecular complexity index is 532. The normalized spacial score (nSPS) is 10.6. The van der Waals surface area contributed by atoms with Crippen molar-refractivity contribution >= 4 is 0 Å². The van der Waals surface area contributed by atoms with E-state index < -0.39 is 0 Å². The first kappa shape index (κ1) is 14.4. The monoisotopic (exact) mass is 276 g/mol. The van der Waals surface area contributed by atoms with Crippen LogP contribution in [-0.4, -0.2) is 25.4 Å². The minimum absolute atomic E-state index is 0.573. The quantitative estimate of drug-likeness (QED) is 0.787. The van der Waals surface area contributed by atoms with Gasteiger partial charge in [0.2, 0.25) is 0 Å². The average Bonchev–Trinajstić information content (AvgIpc) is 2.79. The molecule has 0 bridgehead atoms. The summed E-state index contributed by atoms with van der Waals surface area (Å²) in [4.78, 5) is 0. The van der Waals surface area contributed by atoms with Gasteiger partial charge in [-0.25, -0.2) is 0 Å². The molecule has 0 saturated carbocycles. The molecular weight excluding hydrogens is 256 g/mol. The number of aromatic nitrogens is 1. The summed E-state index contributed by atoms with van der Waals surface area (Å²) in [5, 5.41) is 7.23. The minimum Gasteiger partial charge on any atom is -0.493 e. The highest BCUT2D eigenvalue weighted by atomic mass is 16.5. The van der Waals surface area contributed by atoms with Crippen molar-refractivity contribution in [3.8, 4) is 11.5 Å². The van der Waals surface area contributed by atoms with Crippen LogP contribution in [0.3, 0.4) is 0 Å². The molecule has 5 heteroatoms.